The van der Waals surface area contributed by atoms with Gasteiger partial charge >= 0.3 is 5.97 Å². The second-order valence-electron chi connectivity index (χ2n) is 4.44. The van der Waals surface area contributed by atoms with E-state index in [4.69, 9.17) is 9.52 Å². The summed E-state index contributed by atoms with van der Waals surface area (Å²) in [6, 6.07) is 9.30. The number of rotatable bonds is 2. The van der Waals surface area contributed by atoms with Gasteiger partial charge in [-0.1, -0.05) is 12.1 Å². The first kappa shape index (κ1) is 12.3. The Morgan fingerprint density at radius 3 is 2.85 bits per heavy atom. The number of carboxylic acids is 1. The van der Waals surface area contributed by atoms with Crippen molar-refractivity contribution in [3.05, 3.63) is 53.3 Å². The maximum atomic E-state index is 14.0. The van der Waals surface area contributed by atoms with Crippen LogP contribution < -0.4 is 0 Å². The van der Waals surface area contributed by atoms with E-state index in [0.717, 1.165) is 0 Å². The zero-order valence-electron chi connectivity index (χ0n) is 10.6. The average Bonchev–Trinajstić information content (AvgIpc) is 2.84. The van der Waals surface area contributed by atoms with Gasteiger partial charge in [-0.2, -0.15) is 0 Å². The first-order chi connectivity index (χ1) is 9.56. The molecule has 0 atom stereocenters. The lowest BCUT2D eigenvalue weighted by atomic mass is 10.1. The molecule has 3 rings (SSSR count). The molecule has 0 fully saturated rings. The van der Waals surface area contributed by atoms with Crippen LogP contribution in [0.25, 0.3) is 22.6 Å². The highest BCUT2D eigenvalue weighted by Crippen LogP contribution is 2.28. The fraction of sp³-hybridized carbons (Fsp3) is 0.0667. The SMILES string of the molecule is Cc1cccc(-c2nc3ccc(C(=O)O)cc3o2)c1F. The summed E-state index contributed by atoms with van der Waals surface area (Å²) in [6.07, 6.45) is 0. The Labute approximate surface area is 113 Å². The minimum Gasteiger partial charge on any atom is -0.478 e. The fourth-order valence-corrected chi connectivity index (χ4v) is 1.99. The number of hydrogen-bond donors (Lipinski definition) is 1. The number of nitrogens with zero attached hydrogens (tertiary/aromatic N) is 1. The molecule has 1 N–H and O–H groups in total. The molecule has 0 amide bonds. The van der Waals surface area contributed by atoms with Crippen molar-refractivity contribution in [1.82, 2.24) is 4.98 Å². The average molecular weight is 271 g/mol. The molecule has 2 aromatic carbocycles. The Morgan fingerprint density at radius 2 is 2.10 bits per heavy atom. The lowest BCUT2D eigenvalue weighted by molar-refractivity contribution is 0.0697. The van der Waals surface area contributed by atoms with Gasteiger partial charge in [0.1, 0.15) is 11.3 Å². The lowest BCUT2D eigenvalue weighted by Gasteiger charge is -2.00. The number of hydrogen-bond acceptors (Lipinski definition) is 3. The van der Waals surface area contributed by atoms with Gasteiger partial charge in [0.15, 0.2) is 5.58 Å². The highest BCUT2D eigenvalue weighted by atomic mass is 19.1. The van der Waals surface area contributed by atoms with Crippen molar-refractivity contribution in [2.45, 2.75) is 6.92 Å². The highest BCUT2D eigenvalue weighted by molar-refractivity contribution is 5.92. The molecule has 0 aliphatic carbocycles. The van der Waals surface area contributed by atoms with E-state index in [0.29, 0.717) is 16.7 Å². The second kappa shape index (κ2) is 4.45. The molecule has 0 radical (unpaired) electrons. The summed E-state index contributed by atoms with van der Waals surface area (Å²) >= 11 is 0. The topological polar surface area (TPSA) is 63.3 Å². The largest absolute Gasteiger partial charge is 0.478 e. The third-order valence-electron chi connectivity index (χ3n) is 3.06. The molecule has 0 saturated carbocycles. The van der Waals surface area contributed by atoms with Crippen LogP contribution in [0.4, 0.5) is 4.39 Å². The van der Waals surface area contributed by atoms with Crippen molar-refractivity contribution in [2.75, 3.05) is 0 Å². The smallest absolute Gasteiger partial charge is 0.335 e. The maximum absolute atomic E-state index is 14.0. The Hall–Kier alpha value is -2.69. The second-order valence-corrected chi connectivity index (χ2v) is 4.44. The van der Waals surface area contributed by atoms with Crippen LogP contribution in [0.1, 0.15) is 15.9 Å². The molecule has 100 valence electrons. The Balaban J connectivity index is 2.18. The standard InChI is InChI=1S/C15H10FNO3/c1-8-3-2-4-10(13(8)16)14-17-11-6-5-9(15(18)19)7-12(11)20-14/h2-7H,1H3,(H,18,19). The summed E-state index contributed by atoms with van der Waals surface area (Å²) in [4.78, 5) is 15.1. The molecule has 3 aromatic rings. The zero-order valence-corrected chi connectivity index (χ0v) is 10.6. The van der Waals surface area contributed by atoms with Gasteiger partial charge in [0.25, 0.3) is 0 Å². The minimum absolute atomic E-state index is 0.102. The summed E-state index contributed by atoms with van der Waals surface area (Å²) < 4.78 is 19.5. The van der Waals surface area contributed by atoms with Crippen LogP contribution in [0.5, 0.6) is 0 Å². The molecule has 0 unspecified atom stereocenters. The van der Waals surface area contributed by atoms with Crippen molar-refractivity contribution < 1.29 is 18.7 Å². The van der Waals surface area contributed by atoms with E-state index >= 15 is 0 Å². The summed E-state index contributed by atoms with van der Waals surface area (Å²) in [7, 11) is 0. The molecule has 20 heavy (non-hydrogen) atoms. The van der Waals surface area contributed by atoms with Crippen LogP contribution in [0.3, 0.4) is 0 Å². The van der Waals surface area contributed by atoms with E-state index < -0.39 is 11.8 Å². The van der Waals surface area contributed by atoms with Gasteiger partial charge in [-0.25, -0.2) is 14.2 Å². The third-order valence-corrected chi connectivity index (χ3v) is 3.06. The Morgan fingerprint density at radius 1 is 1.30 bits per heavy atom. The molecule has 0 saturated heterocycles. The predicted octanol–water partition coefficient (Wildman–Crippen LogP) is 3.64. The predicted molar refractivity (Wildman–Crippen MR) is 71.1 cm³/mol. The summed E-state index contributed by atoms with van der Waals surface area (Å²) in [5, 5.41) is 8.93. The molecule has 0 aliphatic rings. The number of carbonyl (C=O) groups is 1. The normalized spacial score (nSPS) is 10.9. The van der Waals surface area contributed by atoms with E-state index in [1.807, 2.05) is 0 Å². The van der Waals surface area contributed by atoms with Crippen LogP contribution in [-0.4, -0.2) is 16.1 Å². The number of oxazole rings is 1. The molecule has 1 aromatic heterocycles. The number of aromatic nitrogens is 1. The Bertz CT molecular complexity index is 823. The lowest BCUT2D eigenvalue weighted by Crippen LogP contribution is -1.94. The summed E-state index contributed by atoms with van der Waals surface area (Å²) in [5.74, 6) is -1.30. The zero-order chi connectivity index (χ0) is 14.3. The van der Waals surface area contributed by atoms with E-state index in [9.17, 15) is 9.18 Å². The first-order valence-electron chi connectivity index (χ1n) is 5.95. The number of benzene rings is 2. The van der Waals surface area contributed by atoms with Gasteiger partial charge in [-0.3, -0.25) is 0 Å². The molecule has 1 heterocycles. The van der Waals surface area contributed by atoms with Gasteiger partial charge in [0.2, 0.25) is 5.89 Å². The quantitative estimate of drug-likeness (QED) is 0.772. The van der Waals surface area contributed by atoms with Crippen molar-refractivity contribution in [3.63, 3.8) is 0 Å². The van der Waals surface area contributed by atoms with Crippen LogP contribution in [0.2, 0.25) is 0 Å². The van der Waals surface area contributed by atoms with E-state index in [1.54, 1.807) is 31.2 Å². The first-order valence-corrected chi connectivity index (χ1v) is 5.95. The third kappa shape index (κ3) is 1.93. The van der Waals surface area contributed by atoms with Crippen LogP contribution in [-0.2, 0) is 0 Å². The van der Waals surface area contributed by atoms with Crippen LogP contribution in [0.15, 0.2) is 40.8 Å². The van der Waals surface area contributed by atoms with Crippen LogP contribution >= 0.6 is 0 Å². The number of aromatic carboxylic acids is 1. The van der Waals surface area contributed by atoms with E-state index in [-0.39, 0.29) is 17.0 Å². The number of fused-ring (bicyclic) bond motifs is 1. The fourth-order valence-electron chi connectivity index (χ4n) is 1.99. The van der Waals surface area contributed by atoms with Gasteiger partial charge in [-0.05, 0) is 36.8 Å². The summed E-state index contributed by atoms with van der Waals surface area (Å²) in [6.45, 7) is 1.66. The summed E-state index contributed by atoms with van der Waals surface area (Å²) in [5.41, 5.74) is 1.67. The Kier molecular flexibility index (Phi) is 2.75. The number of halogens is 1. The van der Waals surface area contributed by atoms with E-state index in [1.165, 1.54) is 12.1 Å². The maximum Gasteiger partial charge on any atom is 0.335 e. The van der Waals surface area contributed by atoms with Crippen molar-refractivity contribution in [1.29, 1.82) is 0 Å². The molecule has 0 spiro atoms. The minimum atomic E-state index is -1.05. The molecule has 0 bridgehead atoms. The van der Waals surface area contributed by atoms with E-state index in [2.05, 4.69) is 4.98 Å². The highest BCUT2D eigenvalue weighted by Gasteiger charge is 2.15. The molecular formula is C15H10FNO3. The van der Waals surface area contributed by atoms with Crippen molar-refractivity contribution in [3.8, 4) is 11.5 Å². The van der Waals surface area contributed by atoms with Crippen LogP contribution in [0, 0.1) is 12.7 Å². The molecule has 5 heteroatoms. The monoisotopic (exact) mass is 271 g/mol. The molecular weight excluding hydrogens is 261 g/mol. The van der Waals surface area contributed by atoms with Gasteiger partial charge < -0.3 is 9.52 Å². The number of carboxylic acid groups (broad SMARTS) is 1. The molecule has 0 aliphatic heterocycles. The van der Waals surface area contributed by atoms with Crippen molar-refractivity contribution in [2.24, 2.45) is 0 Å². The van der Waals surface area contributed by atoms with Gasteiger partial charge in [0.05, 0.1) is 11.1 Å². The van der Waals surface area contributed by atoms with Crippen molar-refractivity contribution >= 4 is 17.1 Å². The van der Waals surface area contributed by atoms with Gasteiger partial charge in [-0.15, -0.1) is 0 Å². The molecule has 4 nitrogen and oxygen atoms in total. The van der Waals surface area contributed by atoms with Gasteiger partial charge in [0, 0.05) is 0 Å². The number of aryl methyl sites for hydroxylation is 1.